The summed E-state index contributed by atoms with van der Waals surface area (Å²) in [4.78, 5) is 25.8. The van der Waals surface area contributed by atoms with Gasteiger partial charge in [0.2, 0.25) is 5.91 Å². The van der Waals surface area contributed by atoms with E-state index in [0.29, 0.717) is 13.2 Å². The third kappa shape index (κ3) is 4.78. The van der Waals surface area contributed by atoms with E-state index in [0.717, 1.165) is 36.0 Å². The molecule has 1 fully saturated rings. The molecule has 1 aliphatic rings. The number of aldehydes is 1. The molecule has 0 aromatic heterocycles. The summed E-state index contributed by atoms with van der Waals surface area (Å²) in [6.45, 7) is 4.91. The lowest BCUT2D eigenvalue weighted by Gasteiger charge is -2.41. The van der Waals surface area contributed by atoms with E-state index in [1.165, 1.54) is 7.05 Å². The number of nitrogens with zero attached hydrogens (tertiary/aromatic N) is 1. The highest BCUT2D eigenvalue weighted by Gasteiger charge is 2.42. The number of likely N-dealkylation sites (tertiary alicyclic amines) is 1. The SMILES string of the molecule is CC(C=O)N1CCCC(C)(c2ccc(OCc3ccccc3)cc2)C1=O.CN. The third-order valence-corrected chi connectivity index (χ3v) is 5.24. The van der Waals surface area contributed by atoms with E-state index >= 15 is 0 Å². The lowest BCUT2D eigenvalue weighted by Crippen LogP contribution is -2.53. The molecule has 2 aromatic carbocycles. The predicted molar refractivity (Wildman–Crippen MR) is 111 cm³/mol. The number of hydrogen-bond donors (Lipinski definition) is 1. The maximum atomic E-state index is 13.0. The fraction of sp³-hybridized carbons (Fsp3) is 0.391. The van der Waals surface area contributed by atoms with Crippen LogP contribution in [0.3, 0.4) is 0 Å². The molecule has 1 aliphatic heterocycles. The summed E-state index contributed by atoms with van der Waals surface area (Å²) in [6, 6.07) is 17.4. The molecule has 5 nitrogen and oxygen atoms in total. The van der Waals surface area contributed by atoms with Crippen LogP contribution < -0.4 is 10.5 Å². The van der Waals surface area contributed by atoms with Crippen molar-refractivity contribution in [3.05, 3.63) is 65.7 Å². The Bertz CT molecular complexity index is 761. The third-order valence-electron chi connectivity index (χ3n) is 5.24. The van der Waals surface area contributed by atoms with Crippen LogP contribution in [0.2, 0.25) is 0 Å². The van der Waals surface area contributed by atoms with Gasteiger partial charge < -0.3 is 20.2 Å². The second-order valence-corrected chi connectivity index (χ2v) is 7.11. The molecule has 5 heteroatoms. The number of carbonyl (C=O) groups excluding carboxylic acids is 2. The van der Waals surface area contributed by atoms with Crippen LogP contribution in [0.15, 0.2) is 54.6 Å². The van der Waals surface area contributed by atoms with E-state index < -0.39 is 5.41 Å². The van der Waals surface area contributed by atoms with Crippen molar-refractivity contribution < 1.29 is 14.3 Å². The number of benzene rings is 2. The lowest BCUT2D eigenvalue weighted by molar-refractivity contribution is -0.144. The van der Waals surface area contributed by atoms with E-state index in [2.05, 4.69) is 5.73 Å². The van der Waals surface area contributed by atoms with Crippen LogP contribution in [-0.4, -0.2) is 36.7 Å². The van der Waals surface area contributed by atoms with E-state index in [1.807, 2.05) is 61.5 Å². The summed E-state index contributed by atoms with van der Waals surface area (Å²) < 4.78 is 5.83. The Morgan fingerprint density at radius 2 is 1.79 bits per heavy atom. The topological polar surface area (TPSA) is 72.6 Å². The molecule has 150 valence electrons. The number of amides is 1. The average Bonchev–Trinajstić information content (AvgIpc) is 2.76. The Labute approximate surface area is 167 Å². The van der Waals surface area contributed by atoms with Gasteiger partial charge in [-0.2, -0.15) is 0 Å². The molecule has 0 radical (unpaired) electrons. The Morgan fingerprint density at radius 1 is 1.14 bits per heavy atom. The molecule has 2 unspecified atom stereocenters. The quantitative estimate of drug-likeness (QED) is 0.778. The number of ether oxygens (including phenoxy) is 1. The van der Waals surface area contributed by atoms with Crippen molar-refractivity contribution in [2.45, 2.75) is 44.8 Å². The molecule has 2 atom stereocenters. The van der Waals surface area contributed by atoms with Gasteiger partial charge in [-0.05, 0) is 57.0 Å². The molecule has 28 heavy (non-hydrogen) atoms. The van der Waals surface area contributed by atoms with Gasteiger partial charge >= 0.3 is 0 Å². The summed E-state index contributed by atoms with van der Waals surface area (Å²) >= 11 is 0. The van der Waals surface area contributed by atoms with Crippen molar-refractivity contribution in [1.29, 1.82) is 0 Å². The van der Waals surface area contributed by atoms with Gasteiger partial charge in [-0.1, -0.05) is 42.5 Å². The van der Waals surface area contributed by atoms with Crippen LogP contribution in [0, 0.1) is 0 Å². The van der Waals surface area contributed by atoms with Crippen LogP contribution in [0.1, 0.15) is 37.8 Å². The number of rotatable bonds is 6. The normalized spacial score (nSPS) is 20.0. The van der Waals surface area contributed by atoms with Gasteiger partial charge in [-0.3, -0.25) is 4.79 Å². The van der Waals surface area contributed by atoms with E-state index in [4.69, 9.17) is 4.74 Å². The highest BCUT2D eigenvalue weighted by atomic mass is 16.5. The summed E-state index contributed by atoms with van der Waals surface area (Å²) in [6.07, 6.45) is 2.52. The number of hydrogen-bond acceptors (Lipinski definition) is 4. The second-order valence-electron chi connectivity index (χ2n) is 7.11. The smallest absolute Gasteiger partial charge is 0.233 e. The molecular weight excluding hydrogens is 352 g/mol. The van der Waals surface area contributed by atoms with Crippen molar-refractivity contribution in [3.8, 4) is 5.75 Å². The van der Waals surface area contributed by atoms with Gasteiger partial charge in [0.1, 0.15) is 18.6 Å². The van der Waals surface area contributed by atoms with Crippen molar-refractivity contribution >= 4 is 12.2 Å². The van der Waals surface area contributed by atoms with Gasteiger partial charge in [-0.15, -0.1) is 0 Å². The monoisotopic (exact) mass is 382 g/mol. The van der Waals surface area contributed by atoms with Crippen molar-refractivity contribution in [2.24, 2.45) is 5.73 Å². The molecule has 2 N–H and O–H groups in total. The molecule has 0 aliphatic carbocycles. The standard InChI is InChI=1S/C22H25NO3.CH5N/c1-17(15-24)23-14-6-13-22(2,21(23)25)19-9-11-20(12-10-19)26-16-18-7-4-3-5-8-18;1-2/h3-5,7-12,15,17H,6,13-14,16H2,1-2H3;2H2,1H3. The highest BCUT2D eigenvalue weighted by Crippen LogP contribution is 2.36. The van der Waals surface area contributed by atoms with Crippen LogP contribution in [-0.2, 0) is 21.6 Å². The van der Waals surface area contributed by atoms with Crippen LogP contribution in [0.5, 0.6) is 5.75 Å². The Hall–Kier alpha value is -2.66. The minimum atomic E-state index is -0.590. The number of piperidine rings is 1. The first-order valence-electron chi connectivity index (χ1n) is 9.66. The first-order chi connectivity index (χ1) is 13.5. The van der Waals surface area contributed by atoms with Gasteiger partial charge in [-0.25, -0.2) is 0 Å². The predicted octanol–water partition coefficient (Wildman–Crippen LogP) is 3.31. The lowest BCUT2D eigenvalue weighted by atomic mass is 9.74. The second kappa shape index (κ2) is 10.0. The average molecular weight is 383 g/mol. The summed E-state index contributed by atoms with van der Waals surface area (Å²) in [5, 5.41) is 0. The zero-order chi connectivity index (χ0) is 20.6. The Morgan fingerprint density at radius 3 is 2.39 bits per heavy atom. The molecule has 0 spiro atoms. The Kier molecular flexibility index (Phi) is 7.76. The Balaban J connectivity index is 0.00000136. The summed E-state index contributed by atoms with van der Waals surface area (Å²) in [7, 11) is 1.50. The molecule has 1 amide bonds. The van der Waals surface area contributed by atoms with E-state index in [-0.39, 0.29) is 11.9 Å². The van der Waals surface area contributed by atoms with Crippen molar-refractivity contribution in [2.75, 3.05) is 13.6 Å². The van der Waals surface area contributed by atoms with Gasteiger partial charge in [0.05, 0.1) is 11.5 Å². The molecule has 1 saturated heterocycles. The number of nitrogens with two attached hydrogens (primary N) is 1. The zero-order valence-electron chi connectivity index (χ0n) is 16.9. The minimum absolute atomic E-state index is 0.0290. The molecule has 0 bridgehead atoms. The first kappa shape index (κ1) is 21.6. The van der Waals surface area contributed by atoms with Crippen LogP contribution in [0.4, 0.5) is 0 Å². The molecule has 0 saturated carbocycles. The largest absolute Gasteiger partial charge is 0.489 e. The van der Waals surface area contributed by atoms with Gasteiger partial charge in [0, 0.05) is 6.54 Å². The van der Waals surface area contributed by atoms with Crippen molar-refractivity contribution in [1.82, 2.24) is 4.90 Å². The van der Waals surface area contributed by atoms with Crippen LogP contribution >= 0.6 is 0 Å². The molecular formula is C23H30N2O3. The van der Waals surface area contributed by atoms with E-state index in [9.17, 15) is 9.59 Å². The number of carbonyl (C=O) groups is 2. The zero-order valence-corrected chi connectivity index (χ0v) is 16.9. The summed E-state index contributed by atoms with van der Waals surface area (Å²) in [5.74, 6) is 0.809. The van der Waals surface area contributed by atoms with E-state index in [1.54, 1.807) is 11.8 Å². The fourth-order valence-corrected chi connectivity index (χ4v) is 3.52. The highest BCUT2D eigenvalue weighted by molar-refractivity contribution is 5.90. The molecule has 2 aromatic rings. The summed E-state index contributed by atoms with van der Waals surface area (Å²) in [5.41, 5.74) is 6.00. The maximum absolute atomic E-state index is 13.0. The first-order valence-corrected chi connectivity index (χ1v) is 9.66. The fourth-order valence-electron chi connectivity index (χ4n) is 3.52. The molecule has 3 rings (SSSR count). The molecule has 1 heterocycles. The van der Waals surface area contributed by atoms with Gasteiger partial charge in [0.15, 0.2) is 0 Å². The minimum Gasteiger partial charge on any atom is -0.489 e. The van der Waals surface area contributed by atoms with Gasteiger partial charge in [0.25, 0.3) is 0 Å². The maximum Gasteiger partial charge on any atom is 0.233 e. The van der Waals surface area contributed by atoms with Crippen molar-refractivity contribution in [3.63, 3.8) is 0 Å². The van der Waals surface area contributed by atoms with Crippen LogP contribution in [0.25, 0.3) is 0 Å².